The van der Waals surface area contributed by atoms with Gasteiger partial charge >= 0.3 is 11.9 Å². The lowest BCUT2D eigenvalue weighted by Crippen LogP contribution is -2.20. The number of nitro groups is 1. The number of benzene rings is 1. The fourth-order valence-corrected chi connectivity index (χ4v) is 1.50. The third kappa shape index (κ3) is 5.43. The average molecular weight is 292 g/mol. The van der Waals surface area contributed by atoms with Crippen molar-refractivity contribution in [3.63, 3.8) is 0 Å². The monoisotopic (exact) mass is 292 g/mol. The Labute approximate surface area is 113 Å². The zero-order chi connectivity index (χ0) is 15.2. The summed E-state index contributed by atoms with van der Waals surface area (Å²) in [6.45, 7) is 1.57. The fraction of sp³-hybridized carbons (Fsp3) is 0.500. The summed E-state index contributed by atoms with van der Waals surface area (Å²) >= 11 is 0. The van der Waals surface area contributed by atoms with Crippen LogP contribution < -0.4 is 10.1 Å². The first-order chi connectivity index (χ1) is 9.33. The summed E-state index contributed by atoms with van der Waals surface area (Å²) in [6, 6.07) is 3.89. The van der Waals surface area contributed by atoms with Gasteiger partial charge in [0.2, 0.25) is 0 Å². The lowest BCUT2D eigenvalue weighted by atomic mass is 10.2. The number of alkyl halides is 3. The Morgan fingerprint density at radius 3 is 2.65 bits per heavy atom. The van der Waals surface area contributed by atoms with Crippen LogP contribution in [0.5, 0.6) is 5.75 Å². The molecule has 0 spiro atoms. The third-order valence-electron chi connectivity index (χ3n) is 2.37. The average Bonchev–Trinajstić information content (AvgIpc) is 2.35. The van der Waals surface area contributed by atoms with Gasteiger partial charge in [0, 0.05) is 12.6 Å². The van der Waals surface area contributed by atoms with Crippen molar-refractivity contribution in [2.45, 2.75) is 26.1 Å². The lowest BCUT2D eigenvalue weighted by Gasteiger charge is -2.11. The molecule has 1 aromatic rings. The zero-order valence-electron chi connectivity index (χ0n) is 10.9. The molecule has 5 nitrogen and oxygen atoms in total. The van der Waals surface area contributed by atoms with Gasteiger partial charge < -0.3 is 10.1 Å². The van der Waals surface area contributed by atoms with E-state index in [2.05, 4.69) is 10.1 Å². The lowest BCUT2D eigenvalue weighted by molar-refractivity contribution is -0.386. The Balaban J connectivity index is 2.85. The predicted molar refractivity (Wildman–Crippen MR) is 66.6 cm³/mol. The second-order valence-corrected chi connectivity index (χ2v) is 4.14. The van der Waals surface area contributed by atoms with E-state index in [-0.39, 0.29) is 5.75 Å². The van der Waals surface area contributed by atoms with Gasteiger partial charge in [0.25, 0.3) is 0 Å². The molecule has 112 valence electrons. The van der Waals surface area contributed by atoms with Crippen LogP contribution in [0.15, 0.2) is 18.2 Å². The van der Waals surface area contributed by atoms with E-state index < -0.39 is 23.4 Å². The molecule has 0 heterocycles. The van der Waals surface area contributed by atoms with Gasteiger partial charge in [-0.2, -0.15) is 13.2 Å². The highest BCUT2D eigenvalue weighted by Gasteiger charge is 2.30. The minimum atomic E-state index is -4.54. The van der Waals surface area contributed by atoms with Crippen molar-refractivity contribution in [2.24, 2.45) is 0 Å². The van der Waals surface area contributed by atoms with Gasteiger partial charge in [-0.3, -0.25) is 10.1 Å². The molecule has 8 heteroatoms. The summed E-state index contributed by atoms with van der Waals surface area (Å²) in [5.41, 5.74) is 0.148. The summed E-state index contributed by atoms with van der Waals surface area (Å²) in [7, 11) is 0. The van der Waals surface area contributed by atoms with Crippen molar-refractivity contribution >= 4 is 5.69 Å². The molecule has 0 saturated carbocycles. The minimum absolute atomic E-state index is 0.372. The van der Waals surface area contributed by atoms with E-state index in [0.29, 0.717) is 12.1 Å². The third-order valence-corrected chi connectivity index (χ3v) is 2.37. The van der Waals surface area contributed by atoms with Crippen LogP contribution in [0.25, 0.3) is 0 Å². The van der Waals surface area contributed by atoms with E-state index >= 15 is 0 Å². The van der Waals surface area contributed by atoms with Crippen molar-refractivity contribution < 1.29 is 22.8 Å². The molecule has 0 unspecified atom stereocenters. The van der Waals surface area contributed by atoms with Crippen LogP contribution in [0.2, 0.25) is 0 Å². The quantitative estimate of drug-likeness (QED) is 0.476. The number of hydrogen-bond acceptors (Lipinski definition) is 4. The number of nitrogens with zero attached hydrogens (tertiary/aromatic N) is 1. The summed E-state index contributed by atoms with van der Waals surface area (Å²) in [6.07, 6.45) is -3.63. The van der Waals surface area contributed by atoms with Crippen molar-refractivity contribution in [3.05, 3.63) is 33.9 Å². The van der Waals surface area contributed by atoms with Gasteiger partial charge in [0.15, 0.2) is 12.4 Å². The van der Waals surface area contributed by atoms with Crippen LogP contribution in [0, 0.1) is 10.1 Å². The Hall–Kier alpha value is -1.83. The van der Waals surface area contributed by atoms with E-state index in [1.54, 1.807) is 0 Å². The number of hydrogen-bond donors (Lipinski definition) is 1. The standard InChI is InChI=1S/C12H15F3N2O3/c1-2-5-16-7-9-3-4-10(17(18)19)11(6-9)20-8-12(13,14)15/h3-4,6,16H,2,5,7-8H2,1H3. The SMILES string of the molecule is CCCNCc1ccc([N+](=O)[O-])c(OCC(F)(F)F)c1. The number of nitrogens with one attached hydrogen (secondary N) is 1. The second-order valence-electron chi connectivity index (χ2n) is 4.14. The van der Waals surface area contributed by atoms with Crippen LogP contribution in [0.4, 0.5) is 18.9 Å². The summed E-state index contributed by atoms with van der Waals surface area (Å²) in [5.74, 6) is -0.372. The van der Waals surface area contributed by atoms with Crippen molar-refractivity contribution in [1.29, 1.82) is 0 Å². The first-order valence-corrected chi connectivity index (χ1v) is 6.01. The topological polar surface area (TPSA) is 64.4 Å². The van der Waals surface area contributed by atoms with Gasteiger partial charge in [-0.15, -0.1) is 0 Å². The first kappa shape index (κ1) is 16.2. The highest BCUT2D eigenvalue weighted by molar-refractivity contribution is 5.48. The Morgan fingerprint density at radius 1 is 1.40 bits per heavy atom. The minimum Gasteiger partial charge on any atom is -0.477 e. The van der Waals surface area contributed by atoms with Gasteiger partial charge in [-0.05, 0) is 24.6 Å². The normalized spacial score (nSPS) is 11.4. The van der Waals surface area contributed by atoms with Gasteiger partial charge in [0.05, 0.1) is 4.92 Å². The summed E-state index contributed by atoms with van der Waals surface area (Å²) < 4.78 is 40.9. The Bertz CT molecular complexity index is 464. The molecule has 0 fully saturated rings. The largest absolute Gasteiger partial charge is 0.477 e. The molecule has 0 radical (unpaired) electrons. The van der Waals surface area contributed by atoms with Crippen LogP contribution >= 0.6 is 0 Å². The van der Waals surface area contributed by atoms with Gasteiger partial charge in [-0.25, -0.2) is 0 Å². The van der Waals surface area contributed by atoms with E-state index in [0.717, 1.165) is 19.0 Å². The molecule has 1 N–H and O–H groups in total. The molecular weight excluding hydrogens is 277 g/mol. The number of halogens is 3. The Kier molecular flexibility index (Phi) is 5.75. The highest BCUT2D eigenvalue weighted by atomic mass is 19.4. The van der Waals surface area contributed by atoms with E-state index in [1.165, 1.54) is 12.1 Å². The van der Waals surface area contributed by atoms with E-state index in [1.807, 2.05) is 6.92 Å². The maximum Gasteiger partial charge on any atom is 0.422 e. The number of nitro benzene ring substituents is 1. The summed E-state index contributed by atoms with van der Waals surface area (Å²) in [4.78, 5) is 9.98. The van der Waals surface area contributed by atoms with Crippen LogP contribution in [-0.2, 0) is 6.54 Å². The van der Waals surface area contributed by atoms with Crippen LogP contribution in [-0.4, -0.2) is 24.3 Å². The molecule has 0 saturated heterocycles. The van der Waals surface area contributed by atoms with Gasteiger partial charge in [0.1, 0.15) is 0 Å². The fourth-order valence-electron chi connectivity index (χ4n) is 1.50. The number of ether oxygens (including phenoxy) is 1. The summed E-state index contributed by atoms with van der Waals surface area (Å²) in [5, 5.41) is 13.8. The highest BCUT2D eigenvalue weighted by Crippen LogP contribution is 2.29. The van der Waals surface area contributed by atoms with Crippen molar-refractivity contribution in [3.8, 4) is 5.75 Å². The molecule has 20 heavy (non-hydrogen) atoms. The molecular formula is C12H15F3N2O3. The molecule has 0 aliphatic rings. The molecule has 1 rings (SSSR count). The van der Waals surface area contributed by atoms with Crippen LogP contribution in [0.3, 0.4) is 0 Å². The predicted octanol–water partition coefficient (Wildman–Crippen LogP) is 3.04. The number of rotatable bonds is 7. The molecule has 0 amide bonds. The second kappa shape index (κ2) is 7.09. The van der Waals surface area contributed by atoms with Crippen molar-refractivity contribution in [2.75, 3.05) is 13.2 Å². The van der Waals surface area contributed by atoms with Gasteiger partial charge in [-0.1, -0.05) is 13.0 Å². The molecule has 0 aromatic heterocycles. The molecule has 0 bridgehead atoms. The first-order valence-electron chi connectivity index (χ1n) is 6.01. The molecule has 0 atom stereocenters. The Morgan fingerprint density at radius 2 is 2.10 bits per heavy atom. The van der Waals surface area contributed by atoms with E-state index in [9.17, 15) is 23.3 Å². The molecule has 0 aliphatic carbocycles. The maximum absolute atomic E-state index is 12.1. The smallest absolute Gasteiger partial charge is 0.422 e. The molecule has 0 aliphatic heterocycles. The van der Waals surface area contributed by atoms with Crippen LogP contribution in [0.1, 0.15) is 18.9 Å². The maximum atomic E-state index is 12.1. The zero-order valence-corrected chi connectivity index (χ0v) is 10.9. The van der Waals surface area contributed by atoms with E-state index in [4.69, 9.17) is 0 Å². The van der Waals surface area contributed by atoms with Crippen molar-refractivity contribution in [1.82, 2.24) is 5.32 Å². The molecule has 1 aromatic carbocycles.